The Kier molecular flexibility index (Phi) is 6.24. The molecule has 1 amide bonds. The molecule has 0 spiro atoms. The third-order valence-electron chi connectivity index (χ3n) is 5.74. The minimum absolute atomic E-state index is 0.0800. The molecule has 35 heavy (non-hydrogen) atoms. The van der Waals surface area contributed by atoms with Gasteiger partial charge in [-0.25, -0.2) is 4.98 Å². The van der Waals surface area contributed by atoms with Gasteiger partial charge in [0.25, 0.3) is 5.91 Å². The molecule has 5 rings (SSSR count). The molecule has 0 bridgehead atoms. The lowest BCUT2D eigenvalue weighted by molar-refractivity contribution is 0.102. The second-order valence-corrected chi connectivity index (χ2v) is 8.96. The minimum atomic E-state index is -0.298. The number of hydrogen-bond donors (Lipinski definition) is 2. The number of fused-ring (bicyclic) bond motifs is 2. The third-order valence-corrected chi connectivity index (χ3v) is 6.27. The molecule has 1 atom stereocenters. The van der Waals surface area contributed by atoms with Crippen molar-refractivity contribution in [2.24, 2.45) is 0 Å². The van der Waals surface area contributed by atoms with Crippen LogP contribution in [0.5, 0.6) is 17.2 Å². The average molecular weight is 507 g/mol. The number of hydrogen-bond acceptors (Lipinski definition) is 5. The van der Waals surface area contributed by atoms with Crippen LogP contribution < -0.4 is 14.8 Å². The van der Waals surface area contributed by atoms with E-state index in [2.05, 4.69) is 16.9 Å². The zero-order valence-electron chi connectivity index (χ0n) is 18.4. The number of carbonyl (C=O) groups is 1. The van der Waals surface area contributed by atoms with E-state index in [1.807, 2.05) is 12.1 Å². The molecule has 0 aliphatic carbocycles. The van der Waals surface area contributed by atoms with Crippen LogP contribution in [0.25, 0.3) is 10.9 Å². The van der Waals surface area contributed by atoms with Crippen LogP contribution in [-0.2, 0) is 0 Å². The van der Waals surface area contributed by atoms with Crippen LogP contribution in [0.2, 0.25) is 10.0 Å². The molecule has 0 saturated carbocycles. The molecule has 2 heterocycles. The summed E-state index contributed by atoms with van der Waals surface area (Å²) >= 11 is 12.4. The Balaban J connectivity index is 1.30. The van der Waals surface area contributed by atoms with Gasteiger partial charge in [0.2, 0.25) is 0 Å². The molecule has 3 aromatic carbocycles. The molecule has 2 N–H and O–H groups in total. The summed E-state index contributed by atoms with van der Waals surface area (Å²) in [5.74, 6) is 1.50. The summed E-state index contributed by atoms with van der Waals surface area (Å²) < 4.78 is 11.7. The lowest BCUT2D eigenvalue weighted by atomic mass is 9.92. The van der Waals surface area contributed by atoms with Crippen molar-refractivity contribution in [3.63, 3.8) is 0 Å². The maximum absolute atomic E-state index is 12.7. The van der Waals surface area contributed by atoms with E-state index in [9.17, 15) is 9.90 Å². The number of nitrogens with zero attached hydrogens (tertiary/aromatic N) is 1. The Hall–Kier alpha value is -3.74. The van der Waals surface area contributed by atoms with E-state index in [0.717, 1.165) is 16.5 Å². The van der Waals surface area contributed by atoms with E-state index < -0.39 is 0 Å². The first-order valence-electron chi connectivity index (χ1n) is 10.9. The van der Waals surface area contributed by atoms with Crippen molar-refractivity contribution in [3.8, 4) is 17.2 Å². The van der Waals surface area contributed by atoms with Gasteiger partial charge in [-0.15, -0.1) is 0 Å². The molecule has 6 nitrogen and oxygen atoms in total. The van der Waals surface area contributed by atoms with Crippen LogP contribution in [-0.4, -0.2) is 22.6 Å². The van der Waals surface area contributed by atoms with Crippen LogP contribution in [0.1, 0.15) is 28.3 Å². The molecule has 0 saturated heterocycles. The number of allylic oxidation sites excluding steroid dienone is 1. The Morgan fingerprint density at radius 1 is 1.09 bits per heavy atom. The SMILES string of the molecule is C=C(O)[C@@H]1CCOc2cc(Oc3ccc(C(=O)Nc4ccc5cc(Cl)ccc5n4)cc3)c(Cl)cc21. The number of aliphatic hydroxyl groups excluding tert-OH is 1. The van der Waals surface area contributed by atoms with Crippen molar-refractivity contribution in [2.75, 3.05) is 11.9 Å². The van der Waals surface area contributed by atoms with E-state index in [-0.39, 0.29) is 17.6 Å². The van der Waals surface area contributed by atoms with Crippen LogP contribution in [0.4, 0.5) is 5.82 Å². The van der Waals surface area contributed by atoms with Gasteiger partial charge in [-0.1, -0.05) is 29.8 Å². The fourth-order valence-corrected chi connectivity index (χ4v) is 4.36. The van der Waals surface area contributed by atoms with Crippen molar-refractivity contribution >= 4 is 45.8 Å². The predicted octanol–water partition coefficient (Wildman–Crippen LogP) is 7.52. The molecular formula is C27H20Cl2N2O4. The largest absolute Gasteiger partial charge is 0.512 e. The Morgan fingerprint density at radius 3 is 2.66 bits per heavy atom. The van der Waals surface area contributed by atoms with Crippen molar-refractivity contribution in [1.29, 1.82) is 0 Å². The zero-order valence-corrected chi connectivity index (χ0v) is 19.9. The van der Waals surface area contributed by atoms with Gasteiger partial charge in [-0.3, -0.25) is 4.79 Å². The summed E-state index contributed by atoms with van der Waals surface area (Å²) in [6.45, 7) is 4.11. The number of anilines is 1. The lowest BCUT2D eigenvalue weighted by Gasteiger charge is -2.26. The summed E-state index contributed by atoms with van der Waals surface area (Å²) in [6.07, 6.45) is 0.630. The van der Waals surface area contributed by atoms with Crippen LogP contribution in [0, 0.1) is 0 Å². The number of benzene rings is 3. The second-order valence-electron chi connectivity index (χ2n) is 8.12. The van der Waals surface area contributed by atoms with E-state index in [4.69, 9.17) is 32.7 Å². The maximum atomic E-state index is 12.7. The highest BCUT2D eigenvalue weighted by Crippen LogP contribution is 2.43. The molecule has 0 fully saturated rings. The topological polar surface area (TPSA) is 80.7 Å². The van der Waals surface area contributed by atoms with Gasteiger partial charge in [-0.2, -0.15) is 0 Å². The number of nitrogens with one attached hydrogen (secondary N) is 1. The van der Waals surface area contributed by atoms with Gasteiger partial charge < -0.3 is 19.9 Å². The molecule has 1 aromatic heterocycles. The number of halogens is 2. The number of amides is 1. The first-order chi connectivity index (χ1) is 16.9. The summed E-state index contributed by atoms with van der Waals surface area (Å²) in [4.78, 5) is 17.1. The van der Waals surface area contributed by atoms with Gasteiger partial charge in [0.05, 0.1) is 22.9 Å². The van der Waals surface area contributed by atoms with E-state index >= 15 is 0 Å². The van der Waals surface area contributed by atoms with Crippen molar-refractivity contribution in [1.82, 2.24) is 4.98 Å². The quantitative estimate of drug-likeness (QED) is 0.273. The van der Waals surface area contributed by atoms with E-state index in [0.29, 0.717) is 51.7 Å². The van der Waals surface area contributed by atoms with Gasteiger partial charge >= 0.3 is 0 Å². The number of carbonyl (C=O) groups excluding carboxylic acids is 1. The second kappa shape index (κ2) is 9.49. The summed E-state index contributed by atoms with van der Waals surface area (Å²) in [5.41, 5.74) is 1.95. The number of ether oxygens (including phenoxy) is 2. The minimum Gasteiger partial charge on any atom is -0.512 e. The number of pyridine rings is 1. The fraction of sp³-hybridized carbons (Fsp3) is 0.111. The van der Waals surface area contributed by atoms with Gasteiger partial charge in [0, 0.05) is 33.5 Å². The van der Waals surface area contributed by atoms with Crippen LogP contribution in [0.3, 0.4) is 0 Å². The molecule has 1 aliphatic rings. The third kappa shape index (κ3) is 4.90. The number of aromatic nitrogens is 1. The molecule has 8 heteroatoms. The highest BCUT2D eigenvalue weighted by atomic mass is 35.5. The molecule has 1 aliphatic heterocycles. The Morgan fingerprint density at radius 2 is 1.89 bits per heavy atom. The Bertz CT molecular complexity index is 1450. The van der Waals surface area contributed by atoms with Crippen molar-refractivity contribution in [3.05, 3.63) is 100 Å². The first kappa shape index (κ1) is 23.0. The summed E-state index contributed by atoms with van der Waals surface area (Å²) in [7, 11) is 0. The number of rotatable bonds is 5. The molecule has 0 unspecified atom stereocenters. The van der Waals surface area contributed by atoms with E-state index in [1.165, 1.54) is 0 Å². The fourth-order valence-electron chi connectivity index (χ4n) is 3.97. The van der Waals surface area contributed by atoms with Crippen molar-refractivity contribution < 1.29 is 19.4 Å². The zero-order chi connectivity index (χ0) is 24.5. The van der Waals surface area contributed by atoms with Gasteiger partial charge in [-0.05, 0) is 67.1 Å². The first-order valence-corrected chi connectivity index (χ1v) is 11.6. The van der Waals surface area contributed by atoms with Crippen LogP contribution >= 0.6 is 23.2 Å². The highest BCUT2D eigenvalue weighted by molar-refractivity contribution is 6.32. The van der Waals surface area contributed by atoms with Crippen LogP contribution in [0.15, 0.2) is 79.1 Å². The number of aliphatic hydroxyl groups is 1. The summed E-state index contributed by atoms with van der Waals surface area (Å²) in [5, 5.41) is 14.6. The normalized spacial score (nSPS) is 14.6. The summed E-state index contributed by atoms with van der Waals surface area (Å²) in [6, 6.07) is 19.0. The monoisotopic (exact) mass is 506 g/mol. The van der Waals surface area contributed by atoms with Crippen molar-refractivity contribution in [2.45, 2.75) is 12.3 Å². The van der Waals surface area contributed by atoms with E-state index in [1.54, 1.807) is 54.6 Å². The smallest absolute Gasteiger partial charge is 0.256 e. The molecular weight excluding hydrogens is 487 g/mol. The molecule has 4 aromatic rings. The highest BCUT2D eigenvalue weighted by Gasteiger charge is 2.26. The standard InChI is InChI=1S/C27H20Cl2N2O4/c1-15(32)20-10-11-34-24-14-25(22(29)13-21(20)24)35-19-6-2-16(3-7-19)27(33)31-26-9-4-17-12-18(28)5-8-23(17)30-26/h2-9,12-14,20,32H,1,10-11H2,(H,30,31,33)/t20-/m0/s1. The molecule has 0 radical (unpaired) electrons. The predicted molar refractivity (Wildman–Crippen MR) is 137 cm³/mol. The molecule has 176 valence electrons. The Labute approximate surface area is 211 Å². The average Bonchev–Trinajstić information content (AvgIpc) is 2.84. The van der Waals surface area contributed by atoms with Gasteiger partial charge in [0.1, 0.15) is 23.1 Å². The maximum Gasteiger partial charge on any atom is 0.256 e. The van der Waals surface area contributed by atoms with Gasteiger partial charge in [0.15, 0.2) is 0 Å². The lowest BCUT2D eigenvalue weighted by Crippen LogP contribution is -2.15.